The summed E-state index contributed by atoms with van der Waals surface area (Å²) in [5, 5.41) is 10.6. The summed E-state index contributed by atoms with van der Waals surface area (Å²) >= 11 is 0. The number of nitrogen functional groups attached to an aromatic ring is 1. The minimum Gasteiger partial charge on any atom is -0.481 e. The van der Waals surface area contributed by atoms with Gasteiger partial charge in [0, 0.05) is 26.3 Å². The van der Waals surface area contributed by atoms with E-state index in [0.29, 0.717) is 11.8 Å². The normalized spacial score (nSPS) is 17.4. The Morgan fingerprint density at radius 2 is 2.41 bits per heavy atom. The van der Waals surface area contributed by atoms with Gasteiger partial charge in [0.25, 0.3) is 5.97 Å². The molecule has 17 heavy (non-hydrogen) atoms. The molecular formula is C11H17N3O3. The lowest BCUT2D eigenvalue weighted by Gasteiger charge is -2.26. The molecule has 0 radical (unpaired) electrons. The van der Waals surface area contributed by atoms with Gasteiger partial charge in [-0.15, -0.1) is 0 Å². The third-order valence-electron chi connectivity index (χ3n) is 2.13. The lowest BCUT2D eigenvalue weighted by molar-refractivity contribution is -0.134. The summed E-state index contributed by atoms with van der Waals surface area (Å²) in [5.41, 5.74) is 6.38. The maximum absolute atomic E-state index is 9.00. The van der Waals surface area contributed by atoms with E-state index in [1.54, 1.807) is 6.20 Å². The molecule has 1 aliphatic rings. The second kappa shape index (κ2) is 6.70. The average Bonchev–Trinajstić information content (AvgIpc) is 2.17. The first-order valence-corrected chi connectivity index (χ1v) is 5.35. The second-order valence-corrected chi connectivity index (χ2v) is 3.62. The summed E-state index contributed by atoms with van der Waals surface area (Å²) in [7, 11) is 0. The second-order valence-electron chi connectivity index (χ2n) is 3.62. The van der Waals surface area contributed by atoms with Gasteiger partial charge in [-0.05, 0) is 18.6 Å². The molecule has 1 aliphatic heterocycles. The highest BCUT2D eigenvalue weighted by molar-refractivity contribution is 5.63. The topological polar surface area (TPSA) is 97.5 Å². The summed E-state index contributed by atoms with van der Waals surface area (Å²) < 4.78 is 5.26. The van der Waals surface area contributed by atoms with Crippen LogP contribution in [0.25, 0.3) is 0 Å². The number of carbonyl (C=O) groups is 1. The van der Waals surface area contributed by atoms with E-state index in [0.717, 1.165) is 32.3 Å². The van der Waals surface area contributed by atoms with Crippen molar-refractivity contribution in [3.05, 3.63) is 18.3 Å². The van der Waals surface area contributed by atoms with Gasteiger partial charge in [-0.2, -0.15) is 0 Å². The Kier molecular flexibility index (Phi) is 5.22. The molecule has 1 fully saturated rings. The molecule has 0 aliphatic carbocycles. The maximum atomic E-state index is 9.00. The van der Waals surface area contributed by atoms with E-state index < -0.39 is 5.97 Å². The molecule has 0 amide bonds. The van der Waals surface area contributed by atoms with Crippen LogP contribution < -0.4 is 11.1 Å². The molecular weight excluding hydrogens is 222 g/mol. The third-order valence-corrected chi connectivity index (χ3v) is 2.13. The molecule has 2 rings (SSSR count). The molecule has 0 unspecified atom stereocenters. The largest absolute Gasteiger partial charge is 0.481 e. The SMILES string of the molecule is CC(=O)O.Nc1cccnc1NC[C@@H]1CCO1. The molecule has 94 valence electrons. The van der Waals surface area contributed by atoms with Crippen molar-refractivity contribution in [1.29, 1.82) is 0 Å². The van der Waals surface area contributed by atoms with Crippen molar-refractivity contribution in [2.24, 2.45) is 0 Å². The number of aromatic nitrogens is 1. The number of nitrogens with two attached hydrogens (primary N) is 1. The van der Waals surface area contributed by atoms with Crippen molar-refractivity contribution in [2.75, 3.05) is 24.2 Å². The number of hydrogen-bond acceptors (Lipinski definition) is 5. The van der Waals surface area contributed by atoms with Crippen LogP contribution in [-0.2, 0) is 9.53 Å². The highest BCUT2D eigenvalue weighted by atomic mass is 16.5. The van der Waals surface area contributed by atoms with Crippen molar-refractivity contribution in [3.8, 4) is 0 Å². The molecule has 1 atom stereocenters. The highest BCUT2D eigenvalue weighted by Crippen LogP contribution is 2.15. The number of hydrogen-bond donors (Lipinski definition) is 3. The van der Waals surface area contributed by atoms with Gasteiger partial charge >= 0.3 is 0 Å². The molecule has 6 heteroatoms. The summed E-state index contributed by atoms with van der Waals surface area (Å²) in [6, 6.07) is 3.65. The van der Waals surface area contributed by atoms with Crippen LogP contribution in [0.2, 0.25) is 0 Å². The molecule has 1 aromatic heterocycles. The van der Waals surface area contributed by atoms with Gasteiger partial charge in [-0.3, -0.25) is 4.79 Å². The van der Waals surface area contributed by atoms with E-state index in [2.05, 4.69) is 10.3 Å². The number of nitrogens with one attached hydrogen (secondary N) is 1. The number of pyridine rings is 1. The summed E-state index contributed by atoms with van der Waals surface area (Å²) in [5.74, 6) is -0.0852. The maximum Gasteiger partial charge on any atom is 0.300 e. The minimum atomic E-state index is -0.833. The summed E-state index contributed by atoms with van der Waals surface area (Å²) in [6.45, 7) is 2.76. The zero-order chi connectivity index (χ0) is 12.7. The smallest absolute Gasteiger partial charge is 0.300 e. The van der Waals surface area contributed by atoms with Crippen molar-refractivity contribution in [2.45, 2.75) is 19.4 Å². The summed E-state index contributed by atoms with van der Waals surface area (Å²) in [6.07, 6.45) is 3.18. The molecule has 4 N–H and O–H groups in total. The van der Waals surface area contributed by atoms with Gasteiger partial charge in [0.2, 0.25) is 0 Å². The molecule has 0 spiro atoms. The average molecular weight is 239 g/mol. The molecule has 0 aromatic carbocycles. The van der Waals surface area contributed by atoms with Crippen LogP contribution >= 0.6 is 0 Å². The van der Waals surface area contributed by atoms with Crippen molar-refractivity contribution < 1.29 is 14.6 Å². The number of rotatable bonds is 3. The Labute approximate surface area is 99.8 Å². The molecule has 1 saturated heterocycles. The Hall–Kier alpha value is -1.82. The van der Waals surface area contributed by atoms with Crippen molar-refractivity contribution in [1.82, 2.24) is 4.98 Å². The highest BCUT2D eigenvalue weighted by Gasteiger charge is 2.17. The predicted octanol–water partition coefficient (Wildman–Crippen LogP) is 0.956. The Bertz CT molecular complexity index is 363. The van der Waals surface area contributed by atoms with Gasteiger partial charge < -0.3 is 20.9 Å². The van der Waals surface area contributed by atoms with Crippen LogP contribution in [-0.4, -0.2) is 35.3 Å². The zero-order valence-electron chi connectivity index (χ0n) is 9.72. The van der Waals surface area contributed by atoms with Gasteiger partial charge in [-0.25, -0.2) is 4.98 Å². The summed E-state index contributed by atoms with van der Waals surface area (Å²) in [4.78, 5) is 13.1. The van der Waals surface area contributed by atoms with Crippen LogP contribution in [0.3, 0.4) is 0 Å². The Morgan fingerprint density at radius 3 is 2.88 bits per heavy atom. The van der Waals surface area contributed by atoms with E-state index in [9.17, 15) is 0 Å². The first-order chi connectivity index (χ1) is 8.09. The lowest BCUT2D eigenvalue weighted by Crippen LogP contribution is -2.33. The zero-order valence-corrected chi connectivity index (χ0v) is 9.72. The van der Waals surface area contributed by atoms with Crippen LogP contribution in [0, 0.1) is 0 Å². The number of carboxylic acid groups (broad SMARTS) is 1. The molecule has 1 aromatic rings. The Morgan fingerprint density at radius 1 is 1.76 bits per heavy atom. The monoisotopic (exact) mass is 239 g/mol. The standard InChI is InChI=1S/C9H13N3O.C2H4O2/c10-8-2-1-4-11-9(8)12-6-7-3-5-13-7;1-2(3)4/h1-2,4,7H,3,5-6,10H2,(H,11,12);1H3,(H,3,4)/t7-;/m0./s1. The van der Waals surface area contributed by atoms with Gasteiger partial charge in [0.1, 0.15) is 5.82 Å². The molecule has 0 saturated carbocycles. The third kappa shape index (κ3) is 5.17. The van der Waals surface area contributed by atoms with E-state index in [1.165, 1.54) is 0 Å². The van der Waals surface area contributed by atoms with Gasteiger partial charge in [0.05, 0.1) is 11.8 Å². The Balaban J connectivity index is 0.000000317. The number of carboxylic acids is 1. The molecule has 2 heterocycles. The quantitative estimate of drug-likeness (QED) is 0.726. The first-order valence-electron chi connectivity index (χ1n) is 5.35. The predicted molar refractivity (Wildman–Crippen MR) is 64.8 cm³/mol. The first kappa shape index (κ1) is 13.2. The van der Waals surface area contributed by atoms with Gasteiger partial charge in [0.15, 0.2) is 0 Å². The fourth-order valence-electron chi connectivity index (χ4n) is 1.22. The number of ether oxygens (including phenoxy) is 1. The number of nitrogens with zero attached hydrogens (tertiary/aromatic N) is 1. The minimum absolute atomic E-state index is 0.335. The number of aliphatic carboxylic acids is 1. The molecule has 6 nitrogen and oxygen atoms in total. The van der Waals surface area contributed by atoms with Crippen LogP contribution in [0.5, 0.6) is 0 Å². The van der Waals surface area contributed by atoms with Crippen LogP contribution in [0.1, 0.15) is 13.3 Å². The van der Waals surface area contributed by atoms with E-state index in [1.807, 2.05) is 12.1 Å². The van der Waals surface area contributed by atoms with E-state index >= 15 is 0 Å². The van der Waals surface area contributed by atoms with Crippen LogP contribution in [0.4, 0.5) is 11.5 Å². The van der Waals surface area contributed by atoms with Crippen molar-refractivity contribution in [3.63, 3.8) is 0 Å². The fraction of sp³-hybridized carbons (Fsp3) is 0.455. The van der Waals surface area contributed by atoms with Crippen LogP contribution in [0.15, 0.2) is 18.3 Å². The van der Waals surface area contributed by atoms with Gasteiger partial charge in [-0.1, -0.05) is 0 Å². The lowest BCUT2D eigenvalue weighted by atomic mass is 10.2. The molecule has 0 bridgehead atoms. The van der Waals surface area contributed by atoms with Crippen molar-refractivity contribution >= 4 is 17.5 Å². The fourth-order valence-corrected chi connectivity index (χ4v) is 1.22. The van der Waals surface area contributed by atoms with E-state index in [4.69, 9.17) is 20.4 Å². The van der Waals surface area contributed by atoms with E-state index in [-0.39, 0.29) is 0 Å². The number of anilines is 2.